The van der Waals surface area contributed by atoms with Crippen molar-refractivity contribution in [3.63, 3.8) is 0 Å². The lowest BCUT2D eigenvalue weighted by atomic mass is 9.92. The molecule has 1 heterocycles. The summed E-state index contributed by atoms with van der Waals surface area (Å²) in [6, 6.07) is 88.8. The average Bonchev–Trinajstić information content (AvgIpc) is 3.76. The quantitative estimate of drug-likeness (QED) is 0.145. The van der Waals surface area contributed by atoms with E-state index in [1.165, 1.54) is 38.9 Å². The molecule has 0 aliphatic carbocycles. The van der Waals surface area contributed by atoms with Gasteiger partial charge in [0.15, 0.2) is 0 Å². The Morgan fingerprint density at radius 3 is 1.06 bits per heavy atom. The first-order valence-electron chi connectivity index (χ1n) is 21.2. The summed E-state index contributed by atoms with van der Waals surface area (Å²) in [7, 11) is 0. The Morgan fingerprint density at radius 1 is 0.258 bits per heavy atom. The monoisotopic (exact) mass is 791 g/mol. The lowest BCUT2D eigenvalue weighted by molar-refractivity contribution is 0.670. The first kappa shape index (κ1) is 36.8. The van der Waals surface area contributed by atoms with Crippen LogP contribution in [-0.4, -0.2) is 0 Å². The lowest BCUT2D eigenvalue weighted by Crippen LogP contribution is -2.10. The van der Waals surface area contributed by atoms with Gasteiger partial charge >= 0.3 is 0 Å². The van der Waals surface area contributed by atoms with Crippen molar-refractivity contribution in [3.8, 4) is 66.8 Å². The summed E-state index contributed by atoms with van der Waals surface area (Å²) in [5, 5.41) is 2.14. The van der Waals surface area contributed by atoms with Crippen molar-refractivity contribution in [2.24, 2.45) is 0 Å². The van der Waals surface area contributed by atoms with E-state index in [2.05, 4.69) is 254 Å². The van der Waals surface area contributed by atoms with E-state index in [0.29, 0.717) is 0 Å². The summed E-state index contributed by atoms with van der Waals surface area (Å²) >= 11 is 0. The highest BCUT2D eigenvalue weighted by Gasteiger charge is 2.24. The van der Waals surface area contributed by atoms with Crippen LogP contribution in [0.2, 0.25) is 0 Å². The Morgan fingerprint density at radius 2 is 0.613 bits per heavy atom. The van der Waals surface area contributed by atoms with Crippen LogP contribution in [0, 0.1) is 0 Å². The average molecular weight is 792 g/mol. The highest BCUT2D eigenvalue weighted by atomic mass is 16.3. The minimum absolute atomic E-state index is 0.856. The molecule has 292 valence electrons. The molecule has 2 nitrogen and oxygen atoms in total. The van der Waals surface area contributed by atoms with Crippen LogP contribution < -0.4 is 4.90 Å². The zero-order valence-corrected chi connectivity index (χ0v) is 34.0. The molecule has 11 aromatic rings. The molecular formula is C60H41NO. The Balaban J connectivity index is 1.10. The van der Waals surface area contributed by atoms with Crippen LogP contribution in [-0.2, 0) is 0 Å². The van der Waals surface area contributed by atoms with Crippen LogP contribution in [0.5, 0.6) is 0 Å². The summed E-state index contributed by atoms with van der Waals surface area (Å²) in [4.78, 5) is 2.39. The van der Waals surface area contributed by atoms with Gasteiger partial charge in [-0.1, -0.05) is 206 Å². The molecule has 0 aliphatic heterocycles. The van der Waals surface area contributed by atoms with E-state index in [-0.39, 0.29) is 0 Å². The highest BCUT2D eigenvalue weighted by molar-refractivity contribution is 6.17. The Labute approximate surface area is 362 Å². The largest absolute Gasteiger partial charge is 0.455 e. The maximum absolute atomic E-state index is 6.93. The van der Waals surface area contributed by atoms with E-state index in [9.17, 15) is 0 Å². The Bertz CT molecular complexity index is 3190. The second-order valence-corrected chi connectivity index (χ2v) is 15.6. The number of anilines is 3. The third kappa shape index (κ3) is 6.74. The first-order chi connectivity index (χ1) is 30.8. The predicted molar refractivity (Wildman–Crippen MR) is 261 cm³/mol. The van der Waals surface area contributed by atoms with Crippen molar-refractivity contribution < 1.29 is 4.42 Å². The van der Waals surface area contributed by atoms with E-state index in [1.807, 2.05) is 0 Å². The van der Waals surface area contributed by atoms with Crippen molar-refractivity contribution in [3.05, 3.63) is 249 Å². The molecular weight excluding hydrogens is 751 g/mol. The lowest BCUT2D eigenvalue weighted by Gasteiger charge is -2.27. The fourth-order valence-corrected chi connectivity index (χ4v) is 9.01. The van der Waals surface area contributed by atoms with Crippen LogP contribution in [0.3, 0.4) is 0 Å². The van der Waals surface area contributed by atoms with Crippen LogP contribution >= 0.6 is 0 Å². The zero-order valence-electron chi connectivity index (χ0n) is 34.0. The Hall–Kier alpha value is -8.20. The maximum Gasteiger partial charge on any atom is 0.145 e. The van der Waals surface area contributed by atoms with Gasteiger partial charge in [0.25, 0.3) is 0 Å². The molecule has 62 heavy (non-hydrogen) atoms. The summed E-state index contributed by atoms with van der Waals surface area (Å²) in [5.41, 5.74) is 18.9. The van der Waals surface area contributed by atoms with Crippen molar-refractivity contribution in [2.45, 2.75) is 0 Å². The smallest absolute Gasteiger partial charge is 0.145 e. The van der Waals surface area contributed by atoms with Crippen LogP contribution in [0.1, 0.15) is 0 Å². The molecule has 0 radical (unpaired) electrons. The van der Waals surface area contributed by atoms with Gasteiger partial charge in [0.2, 0.25) is 0 Å². The molecule has 10 aromatic carbocycles. The molecule has 0 N–H and O–H groups in total. The fraction of sp³-hybridized carbons (Fsp3) is 0. The number of para-hydroxylation sites is 1. The molecule has 2 heteroatoms. The molecule has 0 saturated heterocycles. The maximum atomic E-state index is 6.93. The number of benzene rings is 10. The molecule has 0 unspecified atom stereocenters. The van der Waals surface area contributed by atoms with E-state index in [4.69, 9.17) is 4.42 Å². The highest BCUT2D eigenvalue weighted by Crippen LogP contribution is 2.48. The minimum atomic E-state index is 0.856. The minimum Gasteiger partial charge on any atom is -0.455 e. The summed E-state index contributed by atoms with van der Waals surface area (Å²) in [6.45, 7) is 0. The number of hydrogen-bond donors (Lipinski definition) is 0. The molecule has 0 fully saturated rings. The summed E-state index contributed by atoms with van der Waals surface area (Å²) in [5.74, 6) is 0. The van der Waals surface area contributed by atoms with Crippen molar-refractivity contribution in [2.75, 3.05) is 4.90 Å². The van der Waals surface area contributed by atoms with Crippen molar-refractivity contribution >= 4 is 39.0 Å². The van der Waals surface area contributed by atoms with Gasteiger partial charge in [0.1, 0.15) is 11.2 Å². The van der Waals surface area contributed by atoms with E-state index < -0.39 is 0 Å². The Kier molecular flexibility index (Phi) is 9.57. The normalized spacial score (nSPS) is 11.2. The predicted octanol–water partition coefficient (Wildman–Crippen LogP) is 17.1. The summed E-state index contributed by atoms with van der Waals surface area (Å²) < 4.78 is 6.93. The number of fused-ring (bicyclic) bond motifs is 3. The first-order valence-corrected chi connectivity index (χ1v) is 21.2. The van der Waals surface area contributed by atoms with Crippen LogP contribution in [0.25, 0.3) is 88.7 Å². The molecule has 0 saturated carbocycles. The molecule has 11 rings (SSSR count). The van der Waals surface area contributed by atoms with Crippen LogP contribution in [0.4, 0.5) is 17.1 Å². The number of rotatable bonds is 9. The van der Waals surface area contributed by atoms with Crippen LogP contribution in [0.15, 0.2) is 253 Å². The SMILES string of the molecule is c1ccc(-c2ccccc2-c2ccc(N(c3ccc(-c4ccccc4-c4ccccc4)cc3)c3ccc(-c4ccccc4-c4ccccc4)c4oc5ccccc5c34)cc2)cc1. The third-order valence-electron chi connectivity index (χ3n) is 11.9. The van der Waals surface area contributed by atoms with Crippen molar-refractivity contribution in [1.29, 1.82) is 0 Å². The molecule has 0 amide bonds. The second kappa shape index (κ2) is 16.1. The fourth-order valence-electron chi connectivity index (χ4n) is 9.01. The third-order valence-corrected chi connectivity index (χ3v) is 11.9. The van der Waals surface area contributed by atoms with Gasteiger partial charge in [-0.05, 0) is 104 Å². The topological polar surface area (TPSA) is 16.4 Å². The zero-order chi connectivity index (χ0) is 41.2. The van der Waals surface area contributed by atoms with Gasteiger partial charge in [-0.3, -0.25) is 0 Å². The van der Waals surface area contributed by atoms with Crippen molar-refractivity contribution in [1.82, 2.24) is 0 Å². The van der Waals surface area contributed by atoms with Gasteiger partial charge in [0, 0.05) is 22.3 Å². The standard InChI is InChI=1S/C60H41NO/c1-4-18-42(19-5-1)49-24-10-12-26-51(49)45-32-36-47(37-33-45)61(48-38-34-46(35-39-48)52-27-13-11-25-50(52)43-20-6-2-7-21-43)57-41-40-55(60-59(57)56-30-16-17-31-58(56)62-60)54-29-15-14-28-53(54)44-22-8-3-9-23-44/h1-41H. The van der Waals surface area contributed by atoms with E-state index in [1.54, 1.807) is 0 Å². The van der Waals surface area contributed by atoms with E-state index in [0.717, 1.165) is 66.8 Å². The second-order valence-electron chi connectivity index (χ2n) is 15.6. The number of nitrogens with zero attached hydrogens (tertiary/aromatic N) is 1. The van der Waals surface area contributed by atoms with Gasteiger partial charge in [-0.15, -0.1) is 0 Å². The van der Waals surface area contributed by atoms with E-state index >= 15 is 0 Å². The number of hydrogen-bond acceptors (Lipinski definition) is 2. The van der Waals surface area contributed by atoms with Gasteiger partial charge in [0.05, 0.1) is 11.1 Å². The summed E-state index contributed by atoms with van der Waals surface area (Å²) in [6.07, 6.45) is 0. The van der Waals surface area contributed by atoms with Gasteiger partial charge < -0.3 is 9.32 Å². The molecule has 0 bridgehead atoms. The number of furan rings is 1. The van der Waals surface area contributed by atoms with Gasteiger partial charge in [-0.25, -0.2) is 0 Å². The molecule has 0 atom stereocenters. The van der Waals surface area contributed by atoms with Gasteiger partial charge in [-0.2, -0.15) is 0 Å². The molecule has 0 spiro atoms. The molecule has 1 aromatic heterocycles. The molecule has 0 aliphatic rings.